The molecule has 18 heavy (non-hydrogen) atoms. The number of aromatic nitrogens is 2. The number of hydrogen-bond acceptors (Lipinski definition) is 3. The highest BCUT2D eigenvalue weighted by molar-refractivity contribution is 5.81. The summed E-state index contributed by atoms with van der Waals surface area (Å²) in [6.07, 6.45) is 1.11. The first-order chi connectivity index (χ1) is 8.54. The highest BCUT2D eigenvalue weighted by Crippen LogP contribution is 2.19. The largest absolute Gasteiger partial charge is 0.465 e. The van der Waals surface area contributed by atoms with E-state index < -0.39 is 17.7 Å². The topological polar surface area (TPSA) is 75.1 Å². The first-order valence-corrected chi connectivity index (χ1v) is 4.83. The first kappa shape index (κ1) is 11.9. The van der Waals surface area contributed by atoms with Gasteiger partial charge in [0, 0.05) is 11.6 Å². The van der Waals surface area contributed by atoms with E-state index in [1.54, 1.807) is 0 Å². The number of benzene rings is 1. The van der Waals surface area contributed by atoms with Crippen molar-refractivity contribution in [2.45, 2.75) is 0 Å². The van der Waals surface area contributed by atoms with Crippen LogP contribution in [0.25, 0.3) is 11.3 Å². The van der Waals surface area contributed by atoms with Gasteiger partial charge in [0.1, 0.15) is 11.6 Å². The summed E-state index contributed by atoms with van der Waals surface area (Å²) in [7, 11) is 0. The molecule has 0 aliphatic heterocycles. The van der Waals surface area contributed by atoms with Gasteiger partial charge in [-0.3, -0.25) is 10.3 Å². The Bertz CT molecular complexity index is 567. The van der Waals surface area contributed by atoms with E-state index in [1.807, 2.05) is 5.32 Å². The number of carbonyl (C=O) groups is 1. The lowest BCUT2D eigenvalue weighted by Gasteiger charge is -2.03. The number of carboxylic acid groups (broad SMARTS) is 1. The third-order valence-corrected chi connectivity index (χ3v) is 2.05. The summed E-state index contributed by atoms with van der Waals surface area (Å²) >= 11 is 0. The molecule has 2 aromatic rings. The summed E-state index contributed by atoms with van der Waals surface area (Å²) < 4.78 is 26.0. The van der Waals surface area contributed by atoms with Crippen LogP contribution in [-0.4, -0.2) is 21.2 Å². The van der Waals surface area contributed by atoms with Gasteiger partial charge < -0.3 is 5.11 Å². The molecular formula is C11H7F2N3O2. The highest BCUT2D eigenvalue weighted by atomic mass is 19.1. The second-order valence-corrected chi connectivity index (χ2v) is 3.38. The van der Waals surface area contributed by atoms with E-state index in [1.165, 1.54) is 6.20 Å². The Labute approximate surface area is 100 Å². The molecule has 0 aliphatic rings. The molecule has 5 nitrogen and oxygen atoms in total. The van der Waals surface area contributed by atoms with Gasteiger partial charge >= 0.3 is 6.09 Å². The number of nitrogens with zero attached hydrogens (tertiary/aromatic N) is 2. The van der Waals surface area contributed by atoms with Crippen molar-refractivity contribution in [1.29, 1.82) is 0 Å². The van der Waals surface area contributed by atoms with Gasteiger partial charge in [0.25, 0.3) is 0 Å². The SMILES string of the molecule is O=C(O)Nc1cnc(-c2cc(F)cc(F)c2)cn1. The normalized spacial score (nSPS) is 10.1. The van der Waals surface area contributed by atoms with E-state index in [-0.39, 0.29) is 17.1 Å². The molecule has 0 fully saturated rings. The van der Waals surface area contributed by atoms with Crippen LogP contribution in [0, 0.1) is 11.6 Å². The van der Waals surface area contributed by atoms with Crippen LogP contribution < -0.4 is 5.32 Å². The molecule has 1 heterocycles. The average Bonchev–Trinajstić information content (AvgIpc) is 2.27. The van der Waals surface area contributed by atoms with E-state index in [4.69, 9.17) is 5.11 Å². The lowest BCUT2D eigenvalue weighted by atomic mass is 10.1. The molecule has 2 rings (SSSR count). The Morgan fingerprint density at radius 2 is 1.78 bits per heavy atom. The summed E-state index contributed by atoms with van der Waals surface area (Å²) in [5, 5.41) is 10.4. The number of nitrogens with one attached hydrogen (secondary N) is 1. The quantitative estimate of drug-likeness (QED) is 0.859. The minimum Gasteiger partial charge on any atom is -0.465 e. The van der Waals surface area contributed by atoms with E-state index >= 15 is 0 Å². The zero-order chi connectivity index (χ0) is 13.1. The fourth-order valence-electron chi connectivity index (χ4n) is 1.35. The van der Waals surface area contributed by atoms with Crippen molar-refractivity contribution in [2.24, 2.45) is 0 Å². The number of anilines is 1. The van der Waals surface area contributed by atoms with E-state index in [0.717, 1.165) is 24.4 Å². The lowest BCUT2D eigenvalue weighted by molar-refractivity contribution is 0.209. The Balaban J connectivity index is 2.31. The maximum absolute atomic E-state index is 13.0. The van der Waals surface area contributed by atoms with Gasteiger partial charge in [0.15, 0.2) is 5.82 Å². The Morgan fingerprint density at radius 1 is 1.11 bits per heavy atom. The Hall–Kier alpha value is -2.57. The van der Waals surface area contributed by atoms with Crippen molar-refractivity contribution in [1.82, 2.24) is 9.97 Å². The standard InChI is InChI=1S/C11H7F2N3O2/c12-7-1-6(2-8(13)3-7)9-4-15-10(5-14-9)16-11(17)18/h1-5H,(H,15,16)(H,17,18). The Kier molecular flexibility index (Phi) is 3.13. The minimum atomic E-state index is -1.27. The molecule has 1 amide bonds. The van der Waals surface area contributed by atoms with Crippen molar-refractivity contribution in [3.63, 3.8) is 0 Å². The monoisotopic (exact) mass is 251 g/mol. The summed E-state index contributed by atoms with van der Waals surface area (Å²) in [5.74, 6) is -1.41. The van der Waals surface area contributed by atoms with Crippen LogP contribution in [0.5, 0.6) is 0 Å². The molecule has 0 radical (unpaired) electrons. The summed E-state index contributed by atoms with van der Waals surface area (Å²) in [4.78, 5) is 18.0. The van der Waals surface area contributed by atoms with Crippen LogP contribution in [0.4, 0.5) is 19.4 Å². The van der Waals surface area contributed by atoms with E-state index in [0.29, 0.717) is 0 Å². The maximum atomic E-state index is 13.0. The Morgan fingerprint density at radius 3 is 2.28 bits per heavy atom. The van der Waals surface area contributed by atoms with Gasteiger partial charge in [-0.15, -0.1) is 0 Å². The predicted molar refractivity (Wildman–Crippen MR) is 59.0 cm³/mol. The van der Waals surface area contributed by atoms with Crippen LogP contribution in [0.15, 0.2) is 30.6 Å². The van der Waals surface area contributed by atoms with Gasteiger partial charge in [-0.1, -0.05) is 0 Å². The van der Waals surface area contributed by atoms with Gasteiger partial charge in [0.2, 0.25) is 0 Å². The maximum Gasteiger partial charge on any atom is 0.410 e. The zero-order valence-electron chi connectivity index (χ0n) is 8.89. The fraction of sp³-hybridized carbons (Fsp3) is 0. The van der Waals surface area contributed by atoms with Crippen molar-refractivity contribution in [3.8, 4) is 11.3 Å². The van der Waals surface area contributed by atoms with Gasteiger partial charge in [0.05, 0.1) is 18.1 Å². The molecule has 1 aromatic heterocycles. The lowest BCUT2D eigenvalue weighted by Crippen LogP contribution is -2.08. The molecule has 0 saturated heterocycles. The second-order valence-electron chi connectivity index (χ2n) is 3.38. The molecule has 0 bridgehead atoms. The molecule has 0 unspecified atom stereocenters. The van der Waals surface area contributed by atoms with Crippen molar-refractivity contribution in [3.05, 3.63) is 42.2 Å². The van der Waals surface area contributed by atoms with Crippen LogP contribution in [0.2, 0.25) is 0 Å². The molecule has 0 atom stereocenters. The van der Waals surface area contributed by atoms with Crippen molar-refractivity contribution < 1.29 is 18.7 Å². The van der Waals surface area contributed by atoms with Crippen LogP contribution >= 0.6 is 0 Å². The smallest absolute Gasteiger partial charge is 0.410 e. The summed E-state index contributed by atoms with van der Waals surface area (Å²) in [6, 6.07) is 2.96. The van der Waals surface area contributed by atoms with Crippen molar-refractivity contribution in [2.75, 3.05) is 5.32 Å². The van der Waals surface area contributed by atoms with Crippen molar-refractivity contribution >= 4 is 11.9 Å². The van der Waals surface area contributed by atoms with E-state index in [9.17, 15) is 13.6 Å². The van der Waals surface area contributed by atoms with Crippen LogP contribution in [0.3, 0.4) is 0 Å². The van der Waals surface area contributed by atoms with Gasteiger partial charge in [-0.05, 0) is 12.1 Å². The number of rotatable bonds is 2. The average molecular weight is 251 g/mol. The molecule has 92 valence electrons. The number of halogens is 2. The molecule has 1 aromatic carbocycles. The summed E-state index contributed by atoms with van der Waals surface area (Å²) in [5.41, 5.74) is 0.464. The third-order valence-electron chi connectivity index (χ3n) is 2.05. The van der Waals surface area contributed by atoms with Gasteiger partial charge in [-0.25, -0.2) is 18.6 Å². The van der Waals surface area contributed by atoms with Crippen LogP contribution in [-0.2, 0) is 0 Å². The predicted octanol–water partition coefficient (Wildman–Crippen LogP) is 2.51. The molecular weight excluding hydrogens is 244 g/mol. The second kappa shape index (κ2) is 4.74. The summed E-state index contributed by atoms with van der Waals surface area (Å²) in [6.45, 7) is 0. The molecule has 7 heteroatoms. The fourth-order valence-corrected chi connectivity index (χ4v) is 1.35. The third kappa shape index (κ3) is 2.76. The zero-order valence-corrected chi connectivity index (χ0v) is 8.89. The molecule has 0 aliphatic carbocycles. The molecule has 2 N–H and O–H groups in total. The highest BCUT2D eigenvalue weighted by Gasteiger charge is 2.06. The first-order valence-electron chi connectivity index (χ1n) is 4.83. The number of amides is 1. The van der Waals surface area contributed by atoms with E-state index in [2.05, 4.69) is 9.97 Å². The number of hydrogen-bond donors (Lipinski definition) is 2. The molecule has 0 saturated carbocycles. The van der Waals surface area contributed by atoms with Crippen LogP contribution in [0.1, 0.15) is 0 Å². The van der Waals surface area contributed by atoms with Gasteiger partial charge in [-0.2, -0.15) is 0 Å². The minimum absolute atomic E-state index is 0.0307. The molecule has 0 spiro atoms.